The van der Waals surface area contributed by atoms with Gasteiger partial charge in [-0.15, -0.1) is 0 Å². The van der Waals surface area contributed by atoms with Gasteiger partial charge in [-0.05, 0) is 24.6 Å². The van der Waals surface area contributed by atoms with Crippen LogP contribution in [0.2, 0.25) is 0 Å². The van der Waals surface area contributed by atoms with E-state index in [-0.39, 0.29) is 0 Å². The van der Waals surface area contributed by atoms with Crippen LogP contribution in [-0.4, -0.2) is 17.0 Å². The Bertz CT molecular complexity index is 438. The topological polar surface area (TPSA) is 37.8 Å². The molecular formula is C12H17N3. The highest BCUT2D eigenvalue weighted by Gasteiger charge is 2.00. The van der Waals surface area contributed by atoms with Crippen LogP contribution in [0.4, 0.5) is 5.82 Å². The molecule has 0 atom stereocenters. The van der Waals surface area contributed by atoms with Gasteiger partial charge in [-0.1, -0.05) is 13.8 Å². The minimum Gasteiger partial charge on any atom is -0.373 e. The summed E-state index contributed by atoms with van der Waals surface area (Å²) in [5.41, 5.74) is 2.12. The molecule has 0 fully saturated rings. The minimum atomic E-state index is 0.929. The van der Waals surface area contributed by atoms with Crippen molar-refractivity contribution in [1.82, 2.24) is 9.97 Å². The van der Waals surface area contributed by atoms with Gasteiger partial charge in [0.1, 0.15) is 5.82 Å². The molecule has 3 heteroatoms. The van der Waals surface area contributed by atoms with Crippen molar-refractivity contribution >= 4 is 16.7 Å². The van der Waals surface area contributed by atoms with E-state index in [0.717, 1.165) is 22.3 Å². The molecule has 2 heterocycles. The molecule has 3 nitrogen and oxygen atoms in total. The Balaban J connectivity index is 0.000000531. The SMILES string of the molecule is CC.CNc1nc2ccncc2cc1C. The van der Waals surface area contributed by atoms with Gasteiger partial charge in [-0.25, -0.2) is 4.98 Å². The Morgan fingerprint density at radius 1 is 1.27 bits per heavy atom. The van der Waals surface area contributed by atoms with E-state index in [4.69, 9.17) is 0 Å². The standard InChI is InChI=1S/C10H11N3.C2H6/c1-7-5-8-6-12-4-3-9(8)13-10(7)11-2;1-2/h3-6H,1-2H3,(H,11,13);1-2H3. The zero-order valence-electron chi connectivity index (χ0n) is 9.70. The second-order valence-electron chi connectivity index (χ2n) is 2.97. The molecule has 2 rings (SSSR count). The molecule has 0 bridgehead atoms. The lowest BCUT2D eigenvalue weighted by molar-refractivity contribution is 1.27. The Morgan fingerprint density at radius 2 is 2.00 bits per heavy atom. The highest BCUT2D eigenvalue weighted by Crippen LogP contribution is 2.17. The Hall–Kier alpha value is -1.64. The van der Waals surface area contributed by atoms with Crippen molar-refractivity contribution in [3.05, 3.63) is 30.1 Å². The maximum atomic E-state index is 4.44. The van der Waals surface area contributed by atoms with E-state index >= 15 is 0 Å². The lowest BCUT2D eigenvalue weighted by Gasteiger charge is -2.05. The highest BCUT2D eigenvalue weighted by molar-refractivity contribution is 5.80. The molecule has 2 aromatic heterocycles. The van der Waals surface area contributed by atoms with E-state index in [2.05, 4.69) is 21.4 Å². The first-order chi connectivity index (χ1) is 7.31. The summed E-state index contributed by atoms with van der Waals surface area (Å²) in [5.74, 6) is 0.929. The van der Waals surface area contributed by atoms with Crippen molar-refractivity contribution in [2.75, 3.05) is 12.4 Å². The first-order valence-electron chi connectivity index (χ1n) is 5.20. The first kappa shape index (κ1) is 11.4. The van der Waals surface area contributed by atoms with Crippen molar-refractivity contribution in [3.63, 3.8) is 0 Å². The lowest BCUT2D eigenvalue weighted by Crippen LogP contribution is -1.95. The summed E-state index contributed by atoms with van der Waals surface area (Å²) in [5, 5.41) is 4.14. The van der Waals surface area contributed by atoms with Gasteiger partial charge < -0.3 is 5.32 Å². The van der Waals surface area contributed by atoms with Gasteiger partial charge in [-0.2, -0.15) is 0 Å². The molecule has 80 valence electrons. The smallest absolute Gasteiger partial charge is 0.129 e. The van der Waals surface area contributed by atoms with Crippen LogP contribution in [0, 0.1) is 6.92 Å². The fourth-order valence-corrected chi connectivity index (χ4v) is 1.38. The van der Waals surface area contributed by atoms with Crippen LogP contribution in [0.1, 0.15) is 19.4 Å². The lowest BCUT2D eigenvalue weighted by atomic mass is 10.2. The summed E-state index contributed by atoms with van der Waals surface area (Å²) in [7, 11) is 1.88. The van der Waals surface area contributed by atoms with E-state index in [1.165, 1.54) is 0 Å². The third-order valence-corrected chi connectivity index (χ3v) is 2.04. The van der Waals surface area contributed by atoms with Gasteiger partial charge in [0.2, 0.25) is 0 Å². The van der Waals surface area contributed by atoms with Gasteiger partial charge in [0.15, 0.2) is 0 Å². The summed E-state index contributed by atoms with van der Waals surface area (Å²) >= 11 is 0. The predicted molar refractivity (Wildman–Crippen MR) is 65.2 cm³/mol. The van der Waals surface area contributed by atoms with E-state index < -0.39 is 0 Å². The molecule has 1 N–H and O–H groups in total. The van der Waals surface area contributed by atoms with Crippen molar-refractivity contribution in [3.8, 4) is 0 Å². The molecule has 0 aliphatic carbocycles. The fourth-order valence-electron chi connectivity index (χ4n) is 1.38. The summed E-state index contributed by atoms with van der Waals surface area (Å²) < 4.78 is 0. The predicted octanol–water partition coefficient (Wildman–Crippen LogP) is 3.01. The number of rotatable bonds is 1. The highest BCUT2D eigenvalue weighted by atomic mass is 15.0. The van der Waals surface area contributed by atoms with Crippen LogP contribution in [0.5, 0.6) is 0 Å². The van der Waals surface area contributed by atoms with Gasteiger partial charge in [0, 0.05) is 24.8 Å². The molecule has 0 aliphatic rings. The van der Waals surface area contributed by atoms with Crippen molar-refractivity contribution in [2.45, 2.75) is 20.8 Å². The number of hydrogen-bond donors (Lipinski definition) is 1. The number of fused-ring (bicyclic) bond motifs is 1. The summed E-state index contributed by atoms with van der Waals surface area (Å²) in [6.45, 7) is 6.03. The number of aryl methyl sites for hydroxylation is 1. The van der Waals surface area contributed by atoms with E-state index in [1.54, 1.807) is 6.20 Å². The number of nitrogens with one attached hydrogen (secondary N) is 1. The maximum Gasteiger partial charge on any atom is 0.129 e. The molecule has 0 amide bonds. The number of pyridine rings is 2. The number of hydrogen-bond acceptors (Lipinski definition) is 3. The second-order valence-corrected chi connectivity index (χ2v) is 2.97. The Labute approximate surface area is 90.6 Å². The zero-order valence-corrected chi connectivity index (χ0v) is 9.70. The number of aromatic nitrogens is 2. The second kappa shape index (κ2) is 5.29. The fraction of sp³-hybridized carbons (Fsp3) is 0.333. The van der Waals surface area contributed by atoms with Crippen molar-refractivity contribution < 1.29 is 0 Å². The van der Waals surface area contributed by atoms with Crippen LogP contribution in [0.15, 0.2) is 24.5 Å². The molecule has 0 unspecified atom stereocenters. The van der Waals surface area contributed by atoms with E-state index in [0.29, 0.717) is 0 Å². The van der Waals surface area contributed by atoms with Gasteiger partial charge in [0.25, 0.3) is 0 Å². The van der Waals surface area contributed by atoms with E-state index in [9.17, 15) is 0 Å². The quantitative estimate of drug-likeness (QED) is 0.774. The summed E-state index contributed by atoms with van der Waals surface area (Å²) in [6.07, 6.45) is 3.58. The Morgan fingerprint density at radius 3 is 2.67 bits per heavy atom. The first-order valence-corrected chi connectivity index (χ1v) is 5.20. The van der Waals surface area contributed by atoms with Crippen LogP contribution >= 0.6 is 0 Å². The third-order valence-electron chi connectivity index (χ3n) is 2.04. The summed E-state index contributed by atoms with van der Waals surface area (Å²) in [6, 6.07) is 4.00. The van der Waals surface area contributed by atoms with Gasteiger partial charge >= 0.3 is 0 Å². The average molecular weight is 203 g/mol. The molecular weight excluding hydrogens is 186 g/mol. The minimum absolute atomic E-state index is 0.929. The van der Waals surface area contributed by atoms with E-state index in [1.807, 2.05) is 40.1 Å². The van der Waals surface area contributed by atoms with Crippen LogP contribution in [0.25, 0.3) is 10.9 Å². The largest absolute Gasteiger partial charge is 0.373 e. The molecule has 0 radical (unpaired) electrons. The maximum absolute atomic E-state index is 4.44. The summed E-state index contributed by atoms with van der Waals surface area (Å²) in [4.78, 5) is 8.49. The Kier molecular flexibility index (Phi) is 4.03. The average Bonchev–Trinajstić information content (AvgIpc) is 2.31. The molecule has 0 aliphatic heterocycles. The normalized spacial score (nSPS) is 9.33. The third kappa shape index (κ3) is 2.43. The van der Waals surface area contributed by atoms with Crippen LogP contribution in [-0.2, 0) is 0 Å². The number of anilines is 1. The molecule has 0 spiro atoms. The van der Waals surface area contributed by atoms with Gasteiger partial charge in [-0.3, -0.25) is 4.98 Å². The molecule has 2 aromatic rings. The van der Waals surface area contributed by atoms with Crippen molar-refractivity contribution in [1.29, 1.82) is 0 Å². The van der Waals surface area contributed by atoms with Crippen LogP contribution in [0.3, 0.4) is 0 Å². The molecule has 0 saturated carbocycles. The number of nitrogens with zero attached hydrogens (tertiary/aromatic N) is 2. The van der Waals surface area contributed by atoms with Crippen LogP contribution < -0.4 is 5.32 Å². The monoisotopic (exact) mass is 203 g/mol. The molecule has 15 heavy (non-hydrogen) atoms. The molecule has 0 saturated heterocycles. The van der Waals surface area contributed by atoms with Crippen molar-refractivity contribution in [2.24, 2.45) is 0 Å². The molecule has 0 aromatic carbocycles. The van der Waals surface area contributed by atoms with Gasteiger partial charge in [0.05, 0.1) is 5.52 Å². The zero-order chi connectivity index (χ0) is 11.3.